The average molecular weight is 359 g/mol. The fourth-order valence-corrected chi connectivity index (χ4v) is 3.04. The molecule has 130 valence electrons. The van der Waals surface area contributed by atoms with Crippen molar-refractivity contribution in [3.63, 3.8) is 0 Å². The number of nitrogens with zero attached hydrogens (tertiary/aromatic N) is 1. The molecule has 1 saturated heterocycles. The second kappa shape index (κ2) is 7.57. The molecule has 1 aliphatic heterocycles. The molecule has 1 heterocycles. The van der Waals surface area contributed by atoms with Gasteiger partial charge in [-0.05, 0) is 35.9 Å². The van der Waals surface area contributed by atoms with E-state index in [2.05, 4.69) is 5.32 Å². The van der Waals surface area contributed by atoms with Gasteiger partial charge in [-0.15, -0.1) is 0 Å². The van der Waals surface area contributed by atoms with E-state index in [-0.39, 0.29) is 24.2 Å². The monoisotopic (exact) mass is 358 g/mol. The molecule has 0 unspecified atom stereocenters. The van der Waals surface area contributed by atoms with Gasteiger partial charge in [-0.2, -0.15) is 0 Å². The first-order valence-corrected chi connectivity index (χ1v) is 8.41. The summed E-state index contributed by atoms with van der Waals surface area (Å²) in [5, 5.41) is 3.46. The number of rotatable bonds is 5. The van der Waals surface area contributed by atoms with Crippen molar-refractivity contribution in [1.82, 2.24) is 5.32 Å². The minimum Gasteiger partial charge on any atom is -0.497 e. The van der Waals surface area contributed by atoms with Gasteiger partial charge < -0.3 is 15.0 Å². The number of methoxy groups -OCH3 is 1. The van der Waals surface area contributed by atoms with Crippen LogP contribution in [0.1, 0.15) is 12.0 Å². The van der Waals surface area contributed by atoms with Crippen LogP contribution in [0.3, 0.4) is 0 Å². The number of carbonyl (C=O) groups excluding carboxylic acids is 2. The van der Waals surface area contributed by atoms with E-state index in [1.807, 2.05) is 30.3 Å². The molecule has 0 bridgehead atoms. The fraction of sp³-hybridized carbons (Fsp3) is 0.263. The number of hydrogen-bond acceptors (Lipinski definition) is 3. The zero-order valence-electron chi connectivity index (χ0n) is 13.9. The molecule has 2 aromatic rings. The molecule has 0 aromatic heterocycles. The molecule has 0 radical (unpaired) electrons. The molecule has 6 heteroatoms. The summed E-state index contributed by atoms with van der Waals surface area (Å²) in [6, 6.07) is 14.6. The van der Waals surface area contributed by atoms with E-state index in [9.17, 15) is 9.59 Å². The van der Waals surface area contributed by atoms with E-state index in [1.54, 1.807) is 30.2 Å². The quantitative estimate of drug-likeness (QED) is 0.893. The highest BCUT2D eigenvalue weighted by molar-refractivity contribution is 6.30. The number of benzene rings is 2. The molecule has 0 spiro atoms. The summed E-state index contributed by atoms with van der Waals surface area (Å²) in [5.74, 6) is 0.235. The van der Waals surface area contributed by atoms with Crippen LogP contribution in [0.5, 0.6) is 5.75 Å². The molecule has 3 rings (SSSR count). The summed E-state index contributed by atoms with van der Waals surface area (Å²) in [5.41, 5.74) is 1.70. The number of ether oxygens (including phenoxy) is 1. The van der Waals surface area contributed by atoms with E-state index in [4.69, 9.17) is 16.3 Å². The van der Waals surface area contributed by atoms with Crippen molar-refractivity contribution in [3.05, 3.63) is 59.1 Å². The third-order valence-electron chi connectivity index (χ3n) is 4.24. The molecule has 1 atom stereocenters. The van der Waals surface area contributed by atoms with Crippen LogP contribution in [0.2, 0.25) is 5.02 Å². The van der Waals surface area contributed by atoms with E-state index < -0.39 is 0 Å². The average Bonchev–Trinajstić information content (AvgIpc) is 3.02. The molecular formula is C19H19ClN2O3. The van der Waals surface area contributed by atoms with E-state index in [0.717, 1.165) is 17.0 Å². The Balaban J connectivity index is 1.58. The molecule has 25 heavy (non-hydrogen) atoms. The van der Waals surface area contributed by atoms with Gasteiger partial charge in [0.05, 0.1) is 13.0 Å². The van der Waals surface area contributed by atoms with Gasteiger partial charge in [-0.1, -0.05) is 29.8 Å². The van der Waals surface area contributed by atoms with Gasteiger partial charge in [-0.25, -0.2) is 0 Å². The first-order valence-electron chi connectivity index (χ1n) is 8.03. The highest BCUT2D eigenvalue weighted by Crippen LogP contribution is 2.27. The zero-order valence-corrected chi connectivity index (χ0v) is 14.6. The van der Waals surface area contributed by atoms with Gasteiger partial charge in [0.1, 0.15) is 5.75 Å². The largest absolute Gasteiger partial charge is 0.497 e. The second-order valence-electron chi connectivity index (χ2n) is 5.95. The van der Waals surface area contributed by atoms with Crippen LogP contribution in [0.4, 0.5) is 5.69 Å². The van der Waals surface area contributed by atoms with Crippen LogP contribution in [-0.4, -0.2) is 25.5 Å². The fourth-order valence-electron chi connectivity index (χ4n) is 2.85. The highest BCUT2D eigenvalue weighted by atomic mass is 35.5. The topological polar surface area (TPSA) is 58.6 Å². The van der Waals surface area contributed by atoms with Crippen molar-refractivity contribution in [2.75, 3.05) is 18.6 Å². The van der Waals surface area contributed by atoms with Crippen LogP contribution < -0.4 is 15.0 Å². The first-order chi connectivity index (χ1) is 12.1. The Morgan fingerprint density at radius 2 is 2.04 bits per heavy atom. The standard InChI is InChI=1S/C19H19ClN2O3/c1-25-17-7-5-13(6-8-17)11-21-19(24)14-9-18(23)22(12-14)16-4-2-3-15(20)10-16/h2-8,10,14H,9,11-12H2,1H3,(H,21,24)/t14-/m0/s1. The van der Waals surface area contributed by atoms with Crippen molar-refractivity contribution in [3.8, 4) is 5.75 Å². The Morgan fingerprint density at radius 1 is 1.28 bits per heavy atom. The highest BCUT2D eigenvalue weighted by Gasteiger charge is 2.35. The molecule has 1 N–H and O–H groups in total. The maximum Gasteiger partial charge on any atom is 0.227 e. The summed E-state index contributed by atoms with van der Waals surface area (Å²) in [4.78, 5) is 26.2. The maximum atomic E-state index is 12.4. The number of amides is 2. The van der Waals surface area contributed by atoms with Crippen molar-refractivity contribution >= 4 is 29.1 Å². The second-order valence-corrected chi connectivity index (χ2v) is 6.39. The van der Waals surface area contributed by atoms with Crippen molar-refractivity contribution in [1.29, 1.82) is 0 Å². The third kappa shape index (κ3) is 4.12. The predicted octanol–water partition coefficient (Wildman–Crippen LogP) is 3.02. The summed E-state index contributed by atoms with van der Waals surface area (Å²) in [6.07, 6.45) is 0.209. The smallest absolute Gasteiger partial charge is 0.227 e. The van der Waals surface area contributed by atoms with Crippen LogP contribution in [0, 0.1) is 5.92 Å². The SMILES string of the molecule is COc1ccc(CNC(=O)[C@H]2CC(=O)N(c3cccc(Cl)c3)C2)cc1. The zero-order chi connectivity index (χ0) is 17.8. The number of hydrogen-bond donors (Lipinski definition) is 1. The molecule has 2 amide bonds. The lowest BCUT2D eigenvalue weighted by Crippen LogP contribution is -2.32. The lowest BCUT2D eigenvalue weighted by Gasteiger charge is -2.17. The van der Waals surface area contributed by atoms with Crippen LogP contribution >= 0.6 is 11.6 Å². The summed E-state index contributed by atoms with van der Waals surface area (Å²) in [7, 11) is 1.61. The van der Waals surface area contributed by atoms with E-state index in [0.29, 0.717) is 18.1 Å². The van der Waals surface area contributed by atoms with Crippen LogP contribution in [0.25, 0.3) is 0 Å². The molecule has 5 nitrogen and oxygen atoms in total. The minimum absolute atomic E-state index is 0.0631. The van der Waals surface area contributed by atoms with Crippen LogP contribution in [-0.2, 0) is 16.1 Å². The van der Waals surface area contributed by atoms with Gasteiger partial charge in [0.15, 0.2) is 0 Å². The Hall–Kier alpha value is -2.53. The van der Waals surface area contributed by atoms with Gasteiger partial charge in [0.25, 0.3) is 0 Å². The Labute approximate surface area is 151 Å². The third-order valence-corrected chi connectivity index (χ3v) is 4.48. The predicted molar refractivity (Wildman–Crippen MR) is 96.8 cm³/mol. The summed E-state index contributed by atoms with van der Waals surface area (Å²) >= 11 is 5.98. The molecule has 1 fully saturated rings. The molecule has 0 saturated carbocycles. The number of halogens is 1. The van der Waals surface area contributed by atoms with Gasteiger partial charge in [0.2, 0.25) is 11.8 Å². The Kier molecular flexibility index (Phi) is 5.24. The van der Waals surface area contributed by atoms with E-state index >= 15 is 0 Å². The number of carbonyl (C=O) groups is 2. The first kappa shape index (κ1) is 17.3. The Bertz CT molecular complexity index is 776. The van der Waals surface area contributed by atoms with E-state index in [1.165, 1.54) is 0 Å². The van der Waals surface area contributed by atoms with Crippen molar-refractivity contribution < 1.29 is 14.3 Å². The normalized spacial score (nSPS) is 16.8. The summed E-state index contributed by atoms with van der Waals surface area (Å²) in [6.45, 7) is 0.790. The molecular weight excluding hydrogens is 340 g/mol. The van der Waals surface area contributed by atoms with Gasteiger partial charge in [0, 0.05) is 30.2 Å². The Morgan fingerprint density at radius 3 is 2.72 bits per heavy atom. The van der Waals surface area contributed by atoms with Gasteiger partial charge in [-0.3, -0.25) is 9.59 Å². The maximum absolute atomic E-state index is 12.4. The molecule has 0 aliphatic carbocycles. The van der Waals surface area contributed by atoms with Gasteiger partial charge >= 0.3 is 0 Å². The van der Waals surface area contributed by atoms with Crippen LogP contribution in [0.15, 0.2) is 48.5 Å². The molecule has 1 aliphatic rings. The summed E-state index contributed by atoms with van der Waals surface area (Å²) < 4.78 is 5.11. The van der Waals surface area contributed by atoms with Crippen molar-refractivity contribution in [2.24, 2.45) is 5.92 Å². The number of nitrogens with one attached hydrogen (secondary N) is 1. The molecule has 2 aromatic carbocycles. The lowest BCUT2D eigenvalue weighted by molar-refractivity contribution is -0.126. The lowest BCUT2D eigenvalue weighted by atomic mass is 10.1. The van der Waals surface area contributed by atoms with Crippen molar-refractivity contribution in [2.45, 2.75) is 13.0 Å². The minimum atomic E-state index is -0.357. The number of anilines is 1.